The summed E-state index contributed by atoms with van der Waals surface area (Å²) in [5.74, 6) is 1.66. The third-order valence-corrected chi connectivity index (χ3v) is 6.59. The number of hydrogen-bond acceptors (Lipinski definition) is 4. The third kappa shape index (κ3) is 5.16. The zero-order chi connectivity index (χ0) is 22.0. The van der Waals surface area contributed by atoms with Crippen molar-refractivity contribution in [2.24, 2.45) is 5.92 Å². The number of amides is 1. The van der Waals surface area contributed by atoms with Crippen LogP contribution in [0.5, 0.6) is 11.5 Å². The number of carbonyl (C=O) groups excluding carboxylic acids is 1. The molecule has 4 rings (SSSR count). The van der Waals surface area contributed by atoms with Gasteiger partial charge in [-0.25, -0.2) is 0 Å². The van der Waals surface area contributed by atoms with Crippen molar-refractivity contribution in [1.82, 2.24) is 10.2 Å². The second-order valence-corrected chi connectivity index (χ2v) is 9.60. The number of likely N-dealkylation sites (tertiary alicyclic amines) is 1. The molecule has 31 heavy (non-hydrogen) atoms. The molecule has 2 atom stereocenters. The quantitative estimate of drug-likeness (QED) is 0.709. The lowest BCUT2D eigenvalue weighted by atomic mass is 9.88. The van der Waals surface area contributed by atoms with Crippen molar-refractivity contribution < 1.29 is 14.3 Å². The fourth-order valence-corrected chi connectivity index (χ4v) is 4.85. The van der Waals surface area contributed by atoms with Gasteiger partial charge in [0.15, 0.2) is 0 Å². The lowest BCUT2D eigenvalue weighted by molar-refractivity contribution is -0.128. The van der Waals surface area contributed by atoms with Gasteiger partial charge in [-0.05, 0) is 63.1 Å². The standard InChI is InChI=1S/C25H31ClN2O3/c1-25(2)14-22(20-13-19(30-3)10-11-23(20)31-25)27-24(29)18-8-6-12-28(16-18)15-17-7-4-5-9-21(17)26/h4-5,7,9-11,13,18,22H,6,8,12,14-16H2,1-3H3,(H,27,29). The van der Waals surface area contributed by atoms with Crippen LogP contribution in [0.3, 0.4) is 0 Å². The van der Waals surface area contributed by atoms with E-state index in [1.807, 2.05) is 36.4 Å². The lowest BCUT2D eigenvalue weighted by Crippen LogP contribution is -2.46. The van der Waals surface area contributed by atoms with E-state index in [4.69, 9.17) is 21.1 Å². The molecular formula is C25H31ClN2O3. The Morgan fingerprint density at radius 3 is 2.87 bits per heavy atom. The van der Waals surface area contributed by atoms with E-state index < -0.39 is 0 Å². The Morgan fingerprint density at radius 1 is 1.29 bits per heavy atom. The lowest BCUT2D eigenvalue weighted by Gasteiger charge is -2.39. The Kier molecular flexibility index (Phi) is 6.44. The minimum Gasteiger partial charge on any atom is -0.497 e. The van der Waals surface area contributed by atoms with E-state index in [0.29, 0.717) is 0 Å². The first-order valence-corrected chi connectivity index (χ1v) is 11.4. The van der Waals surface area contributed by atoms with Crippen molar-refractivity contribution >= 4 is 17.5 Å². The Bertz CT molecular complexity index is 946. The maximum Gasteiger partial charge on any atom is 0.224 e. The number of carbonyl (C=O) groups is 1. The number of fused-ring (bicyclic) bond motifs is 1. The van der Waals surface area contributed by atoms with Crippen molar-refractivity contribution in [2.75, 3.05) is 20.2 Å². The maximum absolute atomic E-state index is 13.3. The van der Waals surface area contributed by atoms with E-state index in [1.165, 1.54) is 0 Å². The van der Waals surface area contributed by atoms with E-state index in [2.05, 4.69) is 30.1 Å². The molecule has 0 spiro atoms. The van der Waals surface area contributed by atoms with Gasteiger partial charge in [0.25, 0.3) is 0 Å². The Balaban J connectivity index is 1.46. The molecule has 2 heterocycles. The van der Waals surface area contributed by atoms with Gasteiger partial charge in [-0.1, -0.05) is 29.8 Å². The predicted molar refractivity (Wildman–Crippen MR) is 123 cm³/mol. The number of rotatable bonds is 5. The summed E-state index contributed by atoms with van der Waals surface area (Å²) in [6.07, 6.45) is 2.63. The molecule has 2 aliphatic heterocycles. The molecule has 0 aromatic heterocycles. The first kappa shape index (κ1) is 22.0. The number of benzene rings is 2. The molecule has 1 amide bonds. The molecule has 2 aromatic rings. The van der Waals surface area contributed by atoms with Gasteiger partial charge in [-0.3, -0.25) is 9.69 Å². The molecule has 1 saturated heterocycles. The van der Waals surface area contributed by atoms with Crippen LogP contribution < -0.4 is 14.8 Å². The molecule has 0 bridgehead atoms. The molecule has 1 fully saturated rings. The number of hydrogen-bond donors (Lipinski definition) is 1. The number of ether oxygens (including phenoxy) is 2. The van der Waals surface area contributed by atoms with Crippen LogP contribution >= 0.6 is 11.6 Å². The number of piperidine rings is 1. The predicted octanol–water partition coefficient (Wildman–Crippen LogP) is 4.98. The monoisotopic (exact) mass is 442 g/mol. The van der Waals surface area contributed by atoms with Crippen LogP contribution in [-0.2, 0) is 11.3 Å². The summed E-state index contributed by atoms with van der Waals surface area (Å²) in [6.45, 7) is 6.62. The molecule has 5 nitrogen and oxygen atoms in total. The fraction of sp³-hybridized carbons (Fsp3) is 0.480. The molecule has 166 valence electrons. The smallest absolute Gasteiger partial charge is 0.224 e. The van der Waals surface area contributed by atoms with Crippen LogP contribution in [-0.4, -0.2) is 36.6 Å². The number of halogens is 1. The second-order valence-electron chi connectivity index (χ2n) is 9.20. The van der Waals surface area contributed by atoms with Crippen LogP contribution in [0, 0.1) is 5.92 Å². The fourth-order valence-electron chi connectivity index (χ4n) is 4.66. The molecule has 1 N–H and O–H groups in total. The van der Waals surface area contributed by atoms with E-state index in [0.717, 1.165) is 66.5 Å². The summed E-state index contributed by atoms with van der Waals surface area (Å²) in [5.41, 5.74) is 1.75. The van der Waals surface area contributed by atoms with E-state index in [9.17, 15) is 4.79 Å². The van der Waals surface area contributed by atoms with Crippen LogP contribution in [0.25, 0.3) is 0 Å². The molecule has 2 aliphatic rings. The van der Waals surface area contributed by atoms with Crippen LogP contribution in [0.15, 0.2) is 42.5 Å². The van der Waals surface area contributed by atoms with Crippen molar-refractivity contribution in [1.29, 1.82) is 0 Å². The highest BCUT2D eigenvalue weighted by Crippen LogP contribution is 2.41. The van der Waals surface area contributed by atoms with Gasteiger partial charge in [-0.2, -0.15) is 0 Å². The third-order valence-electron chi connectivity index (χ3n) is 6.22. The summed E-state index contributed by atoms with van der Waals surface area (Å²) in [5, 5.41) is 4.10. The van der Waals surface area contributed by atoms with Crippen molar-refractivity contribution in [3.05, 3.63) is 58.6 Å². The van der Waals surface area contributed by atoms with Gasteiger partial charge in [0, 0.05) is 30.1 Å². The van der Waals surface area contributed by atoms with E-state index in [1.54, 1.807) is 7.11 Å². The average Bonchev–Trinajstić information content (AvgIpc) is 2.74. The minimum absolute atomic E-state index is 0.0312. The summed E-state index contributed by atoms with van der Waals surface area (Å²) < 4.78 is 11.5. The van der Waals surface area contributed by atoms with Crippen LogP contribution in [0.2, 0.25) is 5.02 Å². The van der Waals surface area contributed by atoms with Gasteiger partial charge in [0.2, 0.25) is 5.91 Å². The molecule has 0 aliphatic carbocycles. The van der Waals surface area contributed by atoms with Gasteiger partial charge in [0.05, 0.1) is 19.1 Å². The molecule has 6 heteroatoms. The number of methoxy groups -OCH3 is 1. The summed E-state index contributed by atoms with van der Waals surface area (Å²) in [7, 11) is 1.65. The largest absolute Gasteiger partial charge is 0.497 e. The molecule has 2 aromatic carbocycles. The highest BCUT2D eigenvalue weighted by atomic mass is 35.5. The normalized spacial score (nSPS) is 22.8. The van der Waals surface area contributed by atoms with E-state index >= 15 is 0 Å². The van der Waals surface area contributed by atoms with Crippen molar-refractivity contribution in [2.45, 2.75) is 51.3 Å². The summed E-state index contributed by atoms with van der Waals surface area (Å²) in [6, 6.07) is 13.6. The topological polar surface area (TPSA) is 50.8 Å². The van der Waals surface area contributed by atoms with Gasteiger partial charge in [0.1, 0.15) is 17.1 Å². The number of nitrogens with one attached hydrogen (secondary N) is 1. The summed E-state index contributed by atoms with van der Waals surface area (Å²) in [4.78, 5) is 15.6. The first-order valence-electron chi connectivity index (χ1n) is 11.0. The second kappa shape index (κ2) is 9.09. The molecule has 0 saturated carbocycles. The molecule has 0 radical (unpaired) electrons. The average molecular weight is 443 g/mol. The number of nitrogens with zero attached hydrogens (tertiary/aromatic N) is 1. The highest BCUT2D eigenvalue weighted by molar-refractivity contribution is 6.31. The van der Waals surface area contributed by atoms with Crippen LogP contribution in [0.1, 0.15) is 50.3 Å². The van der Waals surface area contributed by atoms with Crippen molar-refractivity contribution in [3.63, 3.8) is 0 Å². The zero-order valence-electron chi connectivity index (χ0n) is 18.5. The van der Waals surface area contributed by atoms with Gasteiger partial charge in [-0.15, -0.1) is 0 Å². The Hall–Kier alpha value is -2.24. The molecule has 2 unspecified atom stereocenters. The molecular weight excluding hydrogens is 412 g/mol. The summed E-state index contributed by atoms with van der Waals surface area (Å²) >= 11 is 6.34. The van der Waals surface area contributed by atoms with Gasteiger partial charge < -0.3 is 14.8 Å². The SMILES string of the molecule is COc1ccc2c(c1)C(NC(=O)C1CCCN(Cc3ccccc3Cl)C1)CC(C)(C)O2. The van der Waals surface area contributed by atoms with Crippen LogP contribution in [0.4, 0.5) is 0 Å². The van der Waals surface area contributed by atoms with E-state index in [-0.39, 0.29) is 23.5 Å². The maximum atomic E-state index is 13.3. The first-order chi connectivity index (χ1) is 14.8. The van der Waals surface area contributed by atoms with Crippen molar-refractivity contribution in [3.8, 4) is 11.5 Å². The Labute approximate surface area is 189 Å². The van der Waals surface area contributed by atoms with Gasteiger partial charge >= 0.3 is 0 Å². The Morgan fingerprint density at radius 2 is 2.10 bits per heavy atom. The minimum atomic E-state index is -0.345. The highest BCUT2D eigenvalue weighted by Gasteiger charge is 2.36. The zero-order valence-corrected chi connectivity index (χ0v) is 19.2.